The quantitative estimate of drug-likeness (QED) is 0.440. The van der Waals surface area contributed by atoms with Crippen molar-refractivity contribution in [3.63, 3.8) is 0 Å². The molecule has 0 fully saturated rings. The van der Waals surface area contributed by atoms with Gasteiger partial charge in [-0.15, -0.1) is 0 Å². The third-order valence-corrected chi connectivity index (χ3v) is 4.57. The van der Waals surface area contributed by atoms with E-state index < -0.39 is 24.0 Å². The lowest BCUT2D eigenvalue weighted by Gasteiger charge is -2.18. The summed E-state index contributed by atoms with van der Waals surface area (Å²) >= 11 is 0. The molecule has 0 aliphatic heterocycles. The summed E-state index contributed by atoms with van der Waals surface area (Å²) in [5, 5.41) is 4.62. The highest BCUT2D eigenvalue weighted by Gasteiger charge is 2.28. The molecule has 1 atom stereocenters. The number of hydrogen-bond donors (Lipinski definition) is 2. The first kappa shape index (κ1) is 22.4. The molecule has 7 heteroatoms. The lowest BCUT2D eigenvalue weighted by molar-refractivity contribution is -0.129. The molecule has 162 valence electrons. The maximum absolute atomic E-state index is 13.0. The van der Waals surface area contributed by atoms with E-state index in [4.69, 9.17) is 4.74 Å². The number of urea groups is 1. The van der Waals surface area contributed by atoms with E-state index in [1.165, 1.54) is 12.1 Å². The number of ether oxygens (including phenoxy) is 1. The fourth-order valence-electron chi connectivity index (χ4n) is 3.06. The van der Waals surface area contributed by atoms with E-state index in [0.717, 1.165) is 0 Å². The third kappa shape index (κ3) is 5.46. The summed E-state index contributed by atoms with van der Waals surface area (Å²) in [6, 6.07) is 22.4. The molecule has 1 unspecified atom stereocenters. The van der Waals surface area contributed by atoms with Gasteiger partial charge < -0.3 is 10.1 Å². The number of carbonyl (C=O) groups is 4. The first-order valence-corrected chi connectivity index (χ1v) is 10.0. The average Bonchev–Trinajstić information content (AvgIpc) is 2.83. The fraction of sp³-hybridized carbons (Fsp3) is 0.120. The number of benzene rings is 3. The Bertz CT molecular complexity index is 1110. The zero-order chi connectivity index (χ0) is 22.9. The van der Waals surface area contributed by atoms with Crippen molar-refractivity contribution >= 4 is 23.7 Å². The zero-order valence-electron chi connectivity index (χ0n) is 17.4. The van der Waals surface area contributed by atoms with Gasteiger partial charge in [-0.2, -0.15) is 0 Å². The normalized spacial score (nSPS) is 11.2. The molecule has 0 aromatic heterocycles. The Morgan fingerprint density at radius 3 is 1.97 bits per heavy atom. The van der Waals surface area contributed by atoms with Crippen LogP contribution in [-0.4, -0.2) is 30.2 Å². The largest absolute Gasteiger partial charge is 0.444 e. The molecule has 0 radical (unpaired) electrons. The van der Waals surface area contributed by atoms with Crippen molar-refractivity contribution in [1.82, 2.24) is 10.6 Å². The Morgan fingerprint density at radius 2 is 1.34 bits per heavy atom. The Balaban J connectivity index is 1.89. The standard InChI is InChI=1S/C25H22N2O5/c1-2-26-25(31)27-23(29)22(18-13-7-4-8-14-18)32-24(30)20-16-10-9-15-19(20)21(28)17-11-5-3-6-12-17/h3-16,22H,2H2,1H3,(H2,26,27,29,31). The molecule has 3 rings (SSSR count). The second-order valence-electron chi connectivity index (χ2n) is 6.79. The topological polar surface area (TPSA) is 102 Å². The minimum atomic E-state index is -1.38. The number of imide groups is 1. The summed E-state index contributed by atoms with van der Waals surface area (Å²) in [7, 11) is 0. The highest BCUT2D eigenvalue weighted by molar-refractivity contribution is 6.14. The first-order valence-electron chi connectivity index (χ1n) is 10.0. The van der Waals surface area contributed by atoms with Crippen LogP contribution in [0.3, 0.4) is 0 Å². The number of rotatable bonds is 7. The van der Waals surface area contributed by atoms with Crippen LogP contribution in [0.25, 0.3) is 0 Å². The molecule has 3 amide bonds. The van der Waals surface area contributed by atoms with E-state index in [0.29, 0.717) is 17.7 Å². The predicted molar refractivity (Wildman–Crippen MR) is 118 cm³/mol. The van der Waals surface area contributed by atoms with Gasteiger partial charge in [0.1, 0.15) is 0 Å². The molecule has 0 heterocycles. The Hall–Kier alpha value is -4.26. The molecule has 0 saturated carbocycles. The summed E-state index contributed by atoms with van der Waals surface area (Å²) in [5.74, 6) is -2.01. The van der Waals surface area contributed by atoms with Gasteiger partial charge in [0.05, 0.1) is 5.56 Å². The number of nitrogens with one attached hydrogen (secondary N) is 2. The first-order chi connectivity index (χ1) is 15.5. The zero-order valence-corrected chi connectivity index (χ0v) is 17.4. The van der Waals surface area contributed by atoms with Crippen LogP contribution in [0.5, 0.6) is 0 Å². The smallest absolute Gasteiger partial charge is 0.340 e. The molecule has 0 spiro atoms. The van der Waals surface area contributed by atoms with Crippen LogP contribution in [0.4, 0.5) is 4.79 Å². The lowest BCUT2D eigenvalue weighted by Crippen LogP contribution is -2.42. The summed E-state index contributed by atoms with van der Waals surface area (Å²) < 4.78 is 5.51. The minimum absolute atomic E-state index is 0.0214. The van der Waals surface area contributed by atoms with E-state index in [2.05, 4.69) is 10.6 Å². The highest BCUT2D eigenvalue weighted by atomic mass is 16.5. The second kappa shape index (κ2) is 10.7. The number of esters is 1. The molecule has 0 saturated heterocycles. The number of hydrogen-bond acceptors (Lipinski definition) is 5. The van der Waals surface area contributed by atoms with Gasteiger partial charge in [-0.1, -0.05) is 78.9 Å². The van der Waals surface area contributed by atoms with Gasteiger partial charge >= 0.3 is 12.0 Å². The van der Waals surface area contributed by atoms with Gasteiger partial charge in [-0.25, -0.2) is 9.59 Å². The molecular weight excluding hydrogens is 408 g/mol. The van der Waals surface area contributed by atoms with Gasteiger partial charge in [-0.05, 0) is 13.0 Å². The van der Waals surface area contributed by atoms with Crippen molar-refractivity contribution in [2.45, 2.75) is 13.0 Å². The van der Waals surface area contributed by atoms with Crippen molar-refractivity contribution in [3.8, 4) is 0 Å². The molecular formula is C25H22N2O5. The van der Waals surface area contributed by atoms with E-state index in [9.17, 15) is 19.2 Å². The van der Waals surface area contributed by atoms with Gasteiger partial charge in [0.15, 0.2) is 5.78 Å². The summed E-state index contributed by atoms with van der Waals surface area (Å²) in [6.07, 6.45) is -1.38. The Kier molecular flexibility index (Phi) is 7.48. The van der Waals surface area contributed by atoms with Gasteiger partial charge in [0.2, 0.25) is 6.10 Å². The molecule has 0 aliphatic rings. The second-order valence-corrected chi connectivity index (χ2v) is 6.79. The van der Waals surface area contributed by atoms with Crippen LogP contribution in [0, 0.1) is 0 Å². The molecule has 0 aliphatic carbocycles. The fourth-order valence-corrected chi connectivity index (χ4v) is 3.06. The number of carbonyl (C=O) groups excluding carboxylic acids is 4. The molecule has 32 heavy (non-hydrogen) atoms. The monoisotopic (exact) mass is 430 g/mol. The van der Waals surface area contributed by atoms with E-state index >= 15 is 0 Å². The van der Waals surface area contributed by atoms with Crippen molar-refractivity contribution < 1.29 is 23.9 Å². The molecule has 2 N–H and O–H groups in total. The molecule has 3 aromatic carbocycles. The van der Waals surface area contributed by atoms with Gasteiger partial charge in [-0.3, -0.25) is 14.9 Å². The minimum Gasteiger partial charge on any atom is -0.444 e. The molecule has 3 aromatic rings. The van der Waals surface area contributed by atoms with Crippen LogP contribution < -0.4 is 10.6 Å². The Morgan fingerprint density at radius 1 is 0.781 bits per heavy atom. The van der Waals surface area contributed by atoms with Gasteiger partial charge in [0.25, 0.3) is 5.91 Å². The highest BCUT2D eigenvalue weighted by Crippen LogP contribution is 2.22. The van der Waals surface area contributed by atoms with Crippen molar-refractivity contribution in [2.75, 3.05) is 6.54 Å². The summed E-state index contributed by atoms with van der Waals surface area (Å²) in [6.45, 7) is 2.03. The van der Waals surface area contributed by atoms with Crippen LogP contribution >= 0.6 is 0 Å². The summed E-state index contributed by atoms with van der Waals surface area (Å²) in [5.41, 5.74) is 0.976. The van der Waals surface area contributed by atoms with Crippen LogP contribution in [0.1, 0.15) is 44.9 Å². The number of amides is 3. The van der Waals surface area contributed by atoms with E-state index in [-0.39, 0.29) is 16.9 Å². The number of ketones is 1. The molecule has 7 nitrogen and oxygen atoms in total. The third-order valence-electron chi connectivity index (χ3n) is 4.57. The average molecular weight is 430 g/mol. The van der Waals surface area contributed by atoms with Crippen LogP contribution in [-0.2, 0) is 9.53 Å². The van der Waals surface area contributed by atoms with Crippen molar-refractivity contribution in [1.29, 1.82) is 0 Å². The maximum Gasteiger partial charge on any atom is 0.340 e. The van der Waals surface area contributed by atoms with Crippen molar-refractivity contribution in [2.24, 2.45) is 0 Å². The van der Waals surface area contributed by atoms with Crippen molar-refractivity contribution in [3.05, 3.63) is 107 Å². The van der Waals surface area contributed by atoms with Crippen LogP contribution in [0.2, 0.25) is 0 Å². The Labute approximate surface area is 185 Å². The van der Waals surface area contributed by atoms with Crippen LogP contribution in [0.15, 0.2) is 84.9 Å². The molecule has 0 bridgehead atoms. The SMILES string of the molecule is CCNC(=O)NC(=O)C(OC(=O)c1ccccc1C(=O)c1ccccc1)c1ccccc1. The van der Waals surface area contributed by atoms with E-state index in [1.54, 1.807) is 79.7 Å². The van der Waals surface area contributed by atoms with E-state index in [1.807, 2.05) is 0 Å². The van der Waals surface area contributed by atoms with Gasteiger partial charge in [0, 0.05) is 23.2 Å². The lowest BCUT2D eigenvalue weighted by atomic mass is 9.98. The predicted octanol–water partition coefficient (Wildman–Crippen LogP) is 3.66. The summed E-state index contributed by atoms with van der Waals surface area (Å²) in [4.78, 5) is 50.5. The maximum atomic E-state index is 13.0.